The van der Waals surface area contributed by atoms with Gasteiger partial charge < -0.3 is 4.74 Å². The number of halogens is 1. The summed E-state index contributed by atoms with van der Waals surface area (Å²) >= 11 is 5.82. The van der Waals surface area contributed by atoms with Crippen molar-refractivity contribution in [2.24, 2.45) is 0 Å². The average molecular weight is 280 g/mol. The fourth-order valence-electron chi connectivity index (χ4n) is 1.77. The number of aromatic nitrogens is 2. The minimum atomic E-state index is 0.667. The molecule has 5 heteroatoms. The molecule has 0 fully saturated rings. The Bertz CT molecular complexity index is 486. The van der Waals surface area contributed by atoms with Crippen molar-refractivity contribution in [3.8, 4) is 5.75 Å². The highest BCUT2D eigenvalue weighted by molar-refractivity contribution is 6.30. The molecule has 0 spiro atoms. The van der Waals surface area contributed by atoms with Gasteiger partial charge in [-0.05, 0) is 25.6 Å². The van der Waals surface area contributed by atoms with E-state index in [4.69, 9.17) is 16.3 Å². The number of hydrogen-bond acceptors (Lipinski definition) is 3. The number of ether oxygens (including phenoxy) is 1. The zero-order valence-corrected chi connectivity index (χ0v) is 11.8. The third-order valence-corrected chi connectivity index (χ3v) is 2.88. The first-order valence-corrected chi connectivity index (χ1v) is 6.66. The van der Waals surface area contributed by atoms with Crippen molar-refractivity contribution >= 4 is 11.6 Å². The third-order valence-electron chi connectivity index (χ3n) is 2.68. The van der Waals surface area contributed by atoms with Crippen molar-refractivity contribution in [3.63, 3.8) is 0 Å². The molecule has 0 amide bonds. The number of para-hydroxylation sites is 1. The van der Waals surface area contributed by atoms with Crippen molar-refractivity contribution in [1.82, 2.24) is 14.7 Å². The topological polar surface area (TPSA) is 30.3 Å². The fourth-order valence-corrected chi connectivity index (χ4v) is 1.93. The quantitative estimate of drug-likeness (QED) is 0.730. The maximum Gasteiger partial charge on any atom is 0.119 e. The molecule has 0 saturated carbocycles. The van der Waals surface area contributed by atoms with E-state index >= 15 is 0 Å². The Labute approximate surface area is 118 Å². The molecule has 0 aliphatic rings. The van der Waals surface area contributed by atoms with Crippen LogP contribution in [0.15, 0.2) is 42.7 Å². The van der Waals surface area contributed by atoms with E-state index in [-0.39, 0.29) is 0 Å². The maximum atomic E-state index is 5.82. The van der Waals surface area contributed by atoms with Crippen LogP contribution in [0.1, 0.15) is 6.42 Å². The summed E-state index contributed by atoms with van der Waals surface area (Å²) in [6.45, 7) is 2.40. The second kappa shape index (κ2) is 7.16. The lowest BCUT2D eigenvalue weighted by atomic mass is 10.3. The normalized spacial score (nSPS) is 10.9. The van der Waals surface area contributed by atoms with E-state index < -0.39 is 0 Å². The molecule has 4 nitrogen and oxygen atoms in total. The molecule has 0 aliphatic carbocycles. The van der Waals surface area contributed by atoms with E-state index in [2.05, 4.69) is 17.0 Å². The number of benzene rings is 1. The molecule has 19 heavy (non-hydrogen) atoms. The number of nitrogens with zero attached hydrogens (tertiary/aromatic N) is 3. The maximum absolute atomic E-state index is 5.82. The van der Waals surface area contributed by atoms with E-state index in [1.807, 2.05) is 41.2 Å². The summed E-state index contributed by atoms with van der Waals surface area (Å²) in [4.78, 5) is 2.18. The Morgan fingerprint density at radius 3 is 2.79 bits per heavy atom. The first kappa shape index (κ1) is 13.9. The Kier molecular flexibility index (Phi) is 5.24. The van der Waals surface area contributed by atoms with E-state index in [0.29, 0.717) is 11.6 Å². The van der Waals surface area contributed by atoms with Crippen molar-refractivity contribution in [2.75, 3.05) is 20.2 Å². The van der Waals surface area contributed by atoms with E-state index in [9.17, 15) is 0 Å². The van der Waals surface area contributed by atoms with Crippen molar-refractivity contribution in [1.29, 1.82) is 0 Å². The van der Waals surface area contributed by atoms with Crippen LogP contribution in [0.3, 0.4) is 0 Å². The van der Waals surface area contributed by atoms with Crippen LogP contribution in [-0.2, 0) is 6.67 Å². The van der Waals surface area contributed by atoms with E-state index in [0.717, 1.165) is 25.4 Å². The summed E-state index contributed by atoms with van der Waals surface area (Å²) in [6, 6.07) is 9.87. The van der Waals surface area contributed by atoms with Crippen molar-refractivity contribution in [3.05, 3.63) is 47.7 Å². The molecule has 102 valence electrons. The first-order chi connectivity index (χ1) is 9.24. The van der Waals surface area contributed by atoms with Crippen molar-refractivity contribution < 1.29 is 4.74 Å². The smallest absolute Gasteiger partial charge is 0.119 e. The SMILES string of the molecule is CN(CCCOc1ccccc1)Cn1cc(Cl)cn1. The van der Waals surface area contributed by atoms with Gasteiger partial charge in [-0.15, -0.1) is 0 Å². The van der Waals surface area contributed by atoms with Gasteiger partial charge in [-0.2, -0.15) is 5.10 Å². The second-order valence-electron chi connectivity index (χ2n) is 4.43. The van der Waals surface area contributed by atoms with Crippen LogP contribution in [-0.4, -0.2) is 34.9 Å². The minimum absolute atomic E-state index is 0.667. The van der Waals surface area contributed by atoms with Gasteiger partial charge in [0.05, 0.1) is 24.5 Å². The predicted molar refractivity (Wildman–Crippen MR) is 76.4 cm³/mol. The average Bonchev–Trinajstić information content (AvgIpc) is 2.81. The summed E-state index contributed by atoms with van der Waals surface area (Å²) < 4.78 is 7.46. The van der Waals surface area contributed by atoms with Gasteiger partial charge in [0.2, 0.25) is 0 Å². The Balaban J connectivity index is 1.63. The molecule has 0 aliphatic heterocycles. The summed E-state index contributed by atoms with van der Waals surface area (Å²) in [7, 11) is 2.05. The highest BCUT2D eigenvalue weighted by Gasteiger charge is 2.01. The van der Waals surface area contributed by atoms with Crippen molar-refractivity contribution in [2.45, 2.75) is 13.1 Å². The molecule has 2 rings (SSSR count). The van der Waals surface area contributed by atoms with Crippen LogP contribution in [0, 0.1) is 0 Å². The lowest BCUT2D eigenvalue weighted by Crippen LogP contribution is -2.24. The van der Waals surface area contributed by atoms with Crippen LogP contribution >= 0.6 is 11.6 Å². The van der Waals surface area contributed by atoms with Gasteiger partial charge in [0, 0.05) is 12.7 Å². The van der Waals surface area contributed by atoms with Gasteiger partial charge in [-0.3, -0.25) is 9.58 Å². The molecule has 2 aromatic rings. The largest absolute Gasteiger partial charge is 0.494 e. The van der Waals surface area contributed by atoms with Crippen LogP contribution in [0.4, 0.5) is 0 Å². The molecule has 1 heterocycles. The Hall–Kier alpha value is -1.52. The van der Waals surface area contributed by atoms with Gasteiger partial charge in [0.25, 0.3) is 0 Å². The molecule has 0 unspecified atom stereocenters. The van der Waals surface area contributed by atoms with Gasteiger partial charge in [0.1, 0.15) is 5.75 Å². The van der Waals surface area contributed by atoms with E-state index in [1.165, 1.54) is 0 Å². The molecule has 0 atom stereocenters. The second-order valence-corrected chi connectivity index (χ2v) is 4.87. The molecule has 0 bridgehead atoms. The molecule has 1 aromatic carbocycles. The van der Waals surface area contributed by atoms with E-state index in [1.54, 1.807) is 6.20 Å². The molecule has 0 radical (unpaired) electrons. The van der Waals surface area contributed by atoms with Crippen LogP contribution in [0.2, 0.25) is 5.02 Å². The molecule has 1 aromatic heterocycles. The summed E-state index contributed by atoms with van der Waals surface area (Å²) in [6.07, 6.45) is 4.44. The predicted octanol–water partition coefficient (Wildman–Crippen LogP) is 2.89. The monoisotopic (exact) mass is 279 g/mol. The van der Waals surface area contributed by atoms with Gasteiger partial charge >= 0.3 is 0 Å². The Morgan fingerprint density at radius 2 is 2.11 bits per heavy atom. The Morgan fingerprint density at radius 1 is 1.32 bits per heavy atom. The lowest BCUT2D eigenvalue weighted by molar-refractivity contribution is 0.222. The molecule has 0 N–H and O–H groups in total. The summed E-state index contributed by atoms with van der Waals surface area (Å²) in [5, 5.41) is 4.81. The van der Waals surface area contributed by atoms with Crippen LogP contribution < -0.4 is 4.74 Å². The zero-order chi connectivity index (χ0) is 13.5. The molecule has 0 saturated heterocycles. The van der Waals surface area contributed by atoms with Gasteiger partial charge in [0.15, 0.2) is 0 Å². The lowest BCUT2D eigenvalue weighted by Gasteiger charge is -2.16. The number of rotatable bonds is 7. The van der Waals surface area contributed by atoms with Crippen LogP contribution in [0.5, 0.6) is 5.75 Å². The first-order valence-electron chi connectivity index (χ1n) is 6.28. The highest BCUT2D eigenvalue weighted by Crippen LogP contribution is 2.08. The number of hydrogen-bond donors (Lipinski definition) is 0. The molecular weight excluding hydrogens is 262 g/mol. The minimum Gasteiger partial charge on any atom is -0.494 e. The van der Waals surface area contributed by atoms with Gasteiger partial charge in [-0.1, -0.05) is 29.8 Å². The highest BCUT2D eigenvalue weighted by atomic mass is 35.5. The molecular formula is C14H18ClN3O. The van der Waals surface area contributed by atoms with Gasteiger partial charge in [-0.25, -0.2) is 0 Å². The third kappa shape index (κ3) is 4.93. The summed E-state index contributed by atoms with van der Waals surface area (Å²) in [5.41, 5.74) is 0. The fraction of sp³-hybridized carbons (Fsp3) is 0.357. The zero-order valence-electron chi connectivity index (χ0n) is 11.0. The van der Waals surface area contributed by atoms with Crippen LogP contribution in [0.25, 0.3) is 0 Å². The standard InChI is InChI=1S/C14H18ClN3O/c1-17(12-18-11-13(15)10-16-18)8-5-9-19-14-6-3-2-4-7-14/h2-4,6-7,10-11H,5,8-9,12H2,1H3. The summed E-state index contributed by atoms with van der Waals surface area (Å²) in [5.74, 6) is 0.920.